The summed E-state index contributed by atoms with van der Waals surface area (Å²) in [6.07, 6.45) is 0.838. The molecule has 1 atom stereocenters. The van der Waals surface area contributed by atoms with E-state index < -0.39 is 11.3 Å². The van der Waals surface area contributed by atoms with Gasteiger partial charge in [0.25, 0.3) is 5.92 Å². The van der Waals surface area contributed by atoms with Crippen LogP contribution in [0.15, 0.2) is 0 Å². The molecule has 1 saturated heterocycles. The second-order valence-electron chi connectivity index (χ2n) is 3.78. The van der Waals surface area contributed by atoms with Crippen molar-refractivity contribution < 1.29 is 8.78 Å². The van der Waals surface area contributed by atoms with Gasteiger partial charge in [-0.05, 0) is 19.5 Å². The van der Waals surface area contributed by atoms with Gasteiger partial charge in [0.1, 0.15) is 0 Å². The Morgan fingerprint density at radius 1 is 1.45 bits per heavy atom. The molecule has 1 aliphatic carbocycles. The minimum atomic E-state index is -2.34. The van der Waals surface area contributed by atoms with Crippen molar-refractivity contribution in [2.75, 3.05) is 19.6 Å². The highest BCUT2D eigenvalue weighted by atomic mass is 19.3. The Morgan fingerprint density at radius 2 is 2.09 bits per heavy atom. The van der Waals surface area contributed by atoms with Gasteiger partial charge in [0, 0.05) is 13.0 Å². The van der Waals surface area contributed by atoms with E-state index in [2.05, 4.69) is 4.90 Å². The van der Waals surface area contributed by atoms with Crippen LogP contribution in [-0.4, -0.2) is 30.5 Å². The fraction of sp³-hybridized carbons (Fsp3) is 1.00. The van der Waals surface area contributed by atoms with Crippen molar-refractivity contribution >= 4 is 0 Å². The molecule has 3 heteroatoms. The molecule has 1 aliphatic heterocycles. The Kier molecular flexibility index (Phi) is 1.32. The molecule has 2 aliphatic rings. The van der Waals surface area contributed by atoms with E-state index in [1.54, 1.807) is 0 Å². The summed E-state index contributed by atoms with van der Waals surface area (Å²) in [5.41, 5.74) is -0.594. The highest BCUT2D eigenvalue weighted by Crippen LogP contribution is 2.64. The quantitative estimate of drug-likeness (QED) is 0.566. The summed E-state index contributed by atoms with van der Waals surface area (Å²) in [5, 5.41) is 0. The number of rotatable bonds is 1. The molecule has 0 aromatic rings. The Balaban J connectivity index is 2.01. The Bertz CT molecular complexity index is 181. The summed E-state index contributed by atoms with van der Waals surface area (Å²) in [4.78, 5) is 2.11. The fourth-order valence-electron chi connectivity index (χ4n) is 2.05. The summed E-state index contributed by atoms with van der Waals surface area (Å²) in [7, 11) is 0. The van der Waals surface area contributed by atoms with Gasteiger partial charge in [-0.3, -0.25) is 0 Å². The number of hydrogen-bond donors (Lipinski definition) is 0. The van der Waals surface area contributed by atoms with E-state index in [0.29, 0.717) is 13.0 Å². The van der Waals surface area contributed by atoms with E-state index in [4.69, 9.17) is 0 Å². The summed E-state index contributed by atoms with van der Waals surface area (Å²) in [5.74, 6) is -2.34. The molecule has 11 heavy (non-hydrogen) atoms. The van der Waals surface area contributed by atoms with E-state index >= 15 is 0 Å². The second kappa shape index (κ2) is 1.94. The molecule has 2 rings (SSSR count). The molecule has 1 heterocycles. The Labute approximate surface area is 65.4 Å². The fourth-order valence-corrected chi connectivity index (χ4v) is 2.05. The molecular formula is C8H13F2N. The number of likely N-dealkylation sites (tertiary alicyclic amines) is 1. The summed E-state index contributed by atoms with van der Waals surface area (Å²) in [6.45, 7) is 4.43. The van der Waals surface area contributed by atoms with E-state index in [1.807, 2.05) is 6.92 Å². The van der Waals surface area contributed by atoms with E-state index in [0.717, 1.165) is 13.1 Å². The molecule has 0 aromatic heterocycles. The molecule has 0 bridgehead atoms. The lowest BCUT2D eigenvalue weighted by Gasteiger charge is -2.11. The lowest BCUT2D eigenvalue weighted by molar-refractivity contribution is 0.0665. The van der Waals surface area contributed by atoms with Crippen LogP contribution in [0.4, 0.5) is 8.78 Å². The van der Waals surface area contributed by atoms with E-state index in [9.17, 15) is 8.78 Å². The molecule has 0 amide bonds. The van der Waals surface area contributed by atoms with Crippen LogP contribution in [0.3, 0.4) is 0 Å². The van der Waals surface area contributed by atoms with Gasteiger partial charge in [-0.15, -0.1) is 0 Å². The van der Waals surface area contributed by atoms with E-state index in [-0.39, 0.29) is 6.42 Å². The molecule has 64 valence electrons. The number of alkyl halides is 2. The second-order valence-corrected chi connectivity index (χ2v) is 3.78. The van der Waals surface area contributed by atoms with Crippen LogP contribution in [-0.2, 0) is 0 Å². The third kappa shape index (κ3) is 0.901. The van der Waals surface area contributed by atoms with Gasteiger partial charge in [0.15, 0.2) is 0 Å². The van der Waals surface area contributed by atoms with Crippen molar-refractivity contribution in [2.24, 2.45) is 5.41 Å². The molecule has 2 fully saturated rings. The number of nitrogens with zero attached hydrogens (tertiary/aromatic N) is 1. The number of hydrogen-bond acceptors (Lipinski definition) is 1. The summed E-state index contributed by atoms with van der Waals surface area (Å²) in [6, 6.07) is 0. The van der Waals surface area contributed by atoms with Crippen LogP contribution >= 0.6 is 0 Å². The van der Waals surface area contributed by atoms with Crippen molar-refractivity contribution in [2.45, 2.75) is 25.7 Å². The van der Waals surface area contributed by atoms with Gasteiger partial charge in [0.2, 0.25) is 0 Å². The van der Waals surface area contributed by atoms with Crippen molar-refractivity contribution in [3.8, 4) is 0 Å². The molecule has 1 spiro atoms. The van der Waals surface area contributed by atoms with Gasteiger partial charge in [-0.2, -0.15) is 0 Å². The van der Waals surface area contributed by atoms with Gasteiger partial charge >= 0.3 is 0 Å². The van der Waals surface area contributed by atoms with Crippen molar-refractivity contribution in [3.05, 3.63) is 0 Å². The van der Waals surface area contributed by atoms with Crippen LogP contribution in [0, 0.1) is 5.41 Å². The molecule has 1 saturated carbocycles. The summed E-state index contributed by atoms with van der Waals surface area (Å²) >= 11 is 0. The highest BCUT2D eigenvalue weighted by molar-refractivity contribution is 5.14. The third-order valence-corrected chi connectivity index (χ3v) is 3.09. The van der Waals surface area contributed by atoms with Crippen LogP contribution in [0.25, 0.3) is 0 Å². The zero-order valence-corrected chi connectivity index (χ0v) is 6.74. The minimum Gasteiger partial charge on any atom is -0.303 e. The maximum Gasteiger partial charge on any atom is 0.255 e. The first-order valence-electron chi connectivity index (χ1n) is 4.20. The smallest absolute Gasteiger partial charge is 0.255 e. The van der Waals surface area contributed by atoms with Gasteiger partial charge < -0.3 is 4.90 Å². The topological polar surface area (TPSA) is 3.24 Å². The average Bonchev–Trinajstić information content (AvgIpc) is 2.35. The zero-order valence-electron chi connectivity index (χ0n) is 6.74. The highest BCUT2D eigenvalue weighted by Gasteiger charge is 2.72. The first-order chi connectivity index (χ1) is 5.10. The van der Waals surface area contributed by atoms with Gasteiger partial charge in [-0.25, -0.2) is 8.78 Å². The lowest BCUT2D eigenvalue weighted by Crippen LogP contribution is -2.22. The predicted octanol–water partition coefficient (Wildman–Crippen LogP) is 1.74. The predicted molar refractivity (Wildman–Crippen MR) is 38.7 cm³/mol. The Morgan fingerprint density at radius 3 is 2.36 bits per heavy atom. The van der Waals surface area contributed by atoms with E-state index in [1.165, 1.54) is 0 Å². The van der Waals surface area contributed by atoms with Crippen LogP contribution in [0.5, 0.6) is 0 Å². The first kappa shape index (κ1) is 7.47. The maximum absolute atomic E-state index is 12.8. The number of halogens is 2. The van der Waals surface area contributed by atoms with Crippen molar-refractivity contribution in [1.29, 1.82) is 0 Å². The third-order valence-electron chi connectivity index (χ3n) is 3.09. The lowest BCUT2D eigenvalue weighted by atomic mass is 10.1. The SMILES string of the molecule is CCN1CCC2(C1)CC2(F)F. The molecule has 0 aromatic carbocycles. The standard InChI is InChI=1S/C8H13F2N/c1-2-11-4-3-7(6-11)5-8(7,9)10/h2-6H2,1H3. The van der Waals surface area contributed by atoms with Crippen molar-refractivity contribution in [1.82, 2.24) is 4.90 Å². The van der Waals surface area contributed by atoms with Crippen LogP contribution in [0.1, 0.15) is 19.8 Å². The summed E-state index contributed by atoms with van der Waals surface area (Å²) < 4.78 is 25.6. The average molecular weight is 161 g/mol. The molecule has 0 N–H and O–H groups in total. The van der Waals surface area contributed by atoms with Crippen LogP contribution in [0.2, 0.25) is 0 Å². The molecular weight excluding hydrogens is 148 g/mol. The largest absolute Gasteiger partial charge is 0.303 e. The van der Waals surface area contributed by atoms with Crippen LogP contribution < -0.4 is 0 Å². The maximum atomic E-state index is 12.8. The van der Waals surface area contributed by atoms with Crippen molar-refractivity contribution in [3.63, 3.8) is 0 Å². The normalized spacial score (nSPS) is 41.7. The molecule has 1 unspecified atom stereocenters. The molecule has 0 radical (unpaired) electrons. The minimum absolute atomic E-state index is 0.135. The van der Waals surface area contributed by atoms with Gasteiger partial charge in [0.05, 0.1) is 5.41 Å². The monoisotopic (exact) mass is 161 g/mol. The Hall–Kier alpha value is -0.180. The zero-order chi connectivity index (χ0) is 8.11. The first-order valence-corrected chi connectivity index (χ1v) is 4.20. The van der Waals surface area contributed by atoms with Gasteiger partial charge in [-0.1, -0.05) is 6.92 Å². The molecule has 1 nitrogen and oxygen atoms in total.